The fraction of sp³-hybridized carbons (Fsp3) is 0.333. The summed E-state index contributed by atoms with van der Waals surface area (Å²) in [5, 5.41) is 4.46. The molecule has 0 saturated heterocycles. The van der Waals surface area contributed by atoms with E-state index >= 15 is 0 Å². The molecule has 0 aliphatic heterocycles. The number of nitrogens with two attached hydrogens (primary N) is 1. The van der Waals surface area contributed by atoms with Crippen molar-refractivity contribution in [2.45, 2.75) is 37.8 Å². The first-order valence-electron chi connectivity index (χ1n) is 9.60. The van der Waals surface area contributed by atoms with Gasteiger partial charge in [0.05, 0.1) is 5.52 Å². The van der Waals surface area contributed by atoms with Crippen molar-refractivity contribution >= 4 is 38.7 Å². The zero-order chi connectivity index (χ0) is 20.0. The number of hydrogen-bond donors (Lipinski definition) is 2. The highest BCUT2D eigenvalue weighted by Crippen LogP contribution is 2.57. The first kappa shape index (κ1) is 18.3. The van der Waals surface area contributed by atoms with Gasteiger partial charge in [0.1, 0.15) is 11.7 Å². The summed E-state index contributed by atoms with van der Waals surface area (Å²) in [6, 6.07) is 9.68. The lowest BCUT2D eigenvalue weighted by molar-refractivity contribution is -0.0760. The van der Waals surface area contributed by atoms with Gasteiger partial charge in [0.2, 0.25) is 11.8 Å². The third kappa shape index (κ3) is 3.53. The molecule has 2 aromatic heterocycles. The Morgan fingerprint density at radius 3 is 2.83 bits per heavy atom. The van der Waals surface area contributed by atoms with E-state index in [2.05, 4.69) is 36.2 Å². The molecule has 0 bridgehead atoms. The molecule has 0 atom stereocenters. The van der Waals surface area contributed by atoms with E-state index in [4.69, 9.17) is 10.5 Å². The van der Waals surface area contributed by atoms with Crippen LogP contribution >= 0.6 is 15.9 Å². The van der Waals surface area contributed by atoms with E-state index in [1.807, 2.05) is 24.4 Å². The first-order chi connectivity index (χ1) is 14.0. The number of hydrogen-bond acceptors (Lipinski definition) is 6. The Morgan fingerprint density at radius 1 is 1.21 bits per heavy atom. The minimum absolute atomic E-state index is 0.0827. The number of primary amides is 1. The molecule has 7 nitrogen and oxygen atoms in total. The molecular weight excluding hydrogens is 434 g/mol. The highest BCUT2D eigenvalue weighted by atomic mass is 79.9. The Balaban J connectivity index is 1.16. The maximum absolute atomic E-state index is 11.5. The van der Waals surface area contributed by atoms with Gasteiger partial charge in [0.25, 0.3) is 5.91 Å². The molecule has 5 rings (SSSR count). The highest BCUT2D eigenvalue weighted by Gasteiger charge is 2.54. The number of fused-ring (bicyclic) bond motifs is 1. The van der Waals surface area contributed by atoms with Crippen LogP contribution in [0.3, 0.4) is 0 Å². The summed E-state index contributed by atoms with van der Waals surface area (Å²) in [7, 11) is 0. The summed E-state index contributed by atoms with van der Waals surface area (Å²) in [5.74, 6) is 0.495. The van der Waals surface area contributed by atoms with Crippen molar-refractivity contribution in [1.82, 2.24) is 15.0 Å². The molecular formula is C21H20BrN5O2. The van der Waals surface area contributed by atoms with Crippen molar-refractivity contribution < 1.29 is 9.53 Å². The van der Waals surface area contributed by atoms with Gasteiger partial charge in [-0.2, -0.15) is 0 Å². The Labute approximate surface area is 176 Å². The third-order valence-corrected chi connectivity index (χ3v) is 6.36. The van der Waals surface area contributed by atoms with Crippen LogP contribution in [0.15, 0.2) is 47.2 Å². The largest absolute Gasteiger partial charge is 0.474 e. The second kappa shape index (κ2) is 6.95. The SMILES string of the molecule is NC(=O)c1cccnc1OC1CC2(CC(Nc3ncc4cc(Br)ccc4n3)C2)C1. The number of benzene rings is 1. The fourth-order valence-corrected chi connectivity index (χ4v) is 4.88. The summed E-state index contributed by atoms with van der Waals surface area (Å²) in [4.78, 5) is 24.7. The number of pyridine rings is 1. The van der Waals surface area contributed by atoms with E-state index in [-0.39, 0.29) is 6.10 Å². The molecule has 3 N–H and O–H groups in total. The van der Waals surface area contributed by atoms with Gasteiger partial charge in [-0.05, 0) is 61.4 Å². The average Bonchev–Trinajstić information content (AvgIpc) is 2.65. The van der Waals surface area contributed by atoms with Crippen LogP contribution in [0.1, 0.15) is 36.0 Å². The molecule has 2 aliphatic rings. The number of nitrogens with zero attached hydrogens (tertiary/aromatic N) is 3. The maximum atomic E-state index is 11.5. The van der Waals surface area contributed by atoms with Crippen LogP contribution in [0.25, 0.3) is 10.9 Å². The predicted molar refractivity (Wildman–Crippen MR) is 113 cm³/mol. The van der Waals surface area contributed by atoms with Crippen molar-refractivity contribution in [3.63, 3.8) is 0 Å². The predicted octanol–water partition coefficient (Wildman–Crippen LogP) is 3.69. The van der Waals surface area contributed by atoms with E-state index in [0.29, 0.717) is 28.8 Å². The second-order valence-electron chi connectivity index (χ2n) is 8.01. The van der Waals surface area contributed by atoms with Crippen LogP contribution < -0.4 is 15.8 Å². The normalized spacial score (nSPS) is 25.3. The average molecular weight is 454 g/mol. The van der Waals surface area contributed by atoms with Gasteiger partial charge >= 0.3 is 0 Å². The minimum atomic E-state index is -0.516. The zero-order valence-corrected chi connectivity index (χ0v) is 17.2. The van der Waals surface area contributed by atoms with E-state index in [0.717, 1.165) is 41.1 Å². The summed E-state index contributed by atoms with van der Waals surface area (Å²) in [6.07, 6.45) is 7.61. The third-order valence-electron chi connectivity index (χ3n) is 5.87. The number of nitrogens with one attached hydrogen (secondary N) is 1. The van der Waals surface area contributed by atoms with Crippen molar-refractivity contribution in [2.75, 3.05) is 5.32 Å². The molecule has 3 aromatic rings. The van der Waals surface area contributed by atoms with Gasteiger partial charge in [0, 0.05) is 28.3 Å². The lowest BCUT2D eigenvalue weighted by atomic mass is 9.53. The fourth-order valence-electron chi connectivity index (χ4n) is 4.50. The topological polar surface area (TPSA) is 103 Å². The standard InChI is InChI=1S/C21H20BrN5O2/c22-13-3-4-17-12(6-13)11-25-20(27-17)26-14-7-21(8-14)9-15(10-21)29-19-16(18(23)28)2-1-5-24-19/h1-6,11,14-15H,7-10H2,(H2,23,28)(H,25,26,27). The van der Waals surface area contributed by atoms with Crippen molar-refractivity contribution in [1.29, 1.82) is 0 Å². The van der Waals surface area contributed by atoms with Crippen molar-refractivity contribution in [3.8, 4) is 5.88 Å². The lowest BCUT2D eigenvalue weighted by Gasteiger charge is -2.57. The summed E-state index contributed by atoms with van der Waals surface area (Å²) >= 11 is 3.47. The van der Waals surface area contributed by atoms with Gasteiger partial charge in [-0.1, -0.05) is 15.9 Å². The molecule has 0 radical (unpaired) electrons. The number of amides is 1. The summed E-state index contributed by atoms with van der Waals surface area (Å²) in [6.45, 7) is 0. The molecule has 2 heterocycles. The lowest BCUT2D eigenvalue weighted by Crippen LogP contribution is -2.56. The van der Waals surface area contributed by atoms with E-state index < -0.39 is 5.91 Å². The molecule has 2 fully saturated rings. The van der Waals surface area contributed by atoms with Gasteiger partial charge < -0.3 is 15.8 Å². The van der Waals surface area contributed by atoms with E-state index in [9.17, 15) is 4.79 Å². The van der Waals surface area contributed by atoms with Crippen LogP contribution in [0.4, 0.5) is 5.95 Å². The molecule has 2 aliphatic carbocycles. The number of aromatic nitrogens is 3. The van der Waals surface area contributed by atoms with Gasteiger partial charge in [-0.25, -0.2) is 15.0 Å². The van der Waals surface area contributed by atoms with Gasteiger partial charge in [-0.3, -0.25) is 4.79 Å². The monoisotopic (exact) mass is 453 g/mol. The molecule has 29 heavy (non-hydrogen) atoms. The second-order valence-corrected chi connectivity index (χ2v) is 8.93. The minimum Gasteiger partial charge on any atom is -0.474 e. The Kier molecular flexibility index (Phi) is 4.38. The van der Waals surface area contributed by atoms with E-state index in [1.165, 1.54) is 0 Å². The number of halogens is 1. The van der Waals surface area contributed by atoms with Crippen LogP contribution in [0.2, 0.25) is 0 Å². The summed E-state index contributed by atoms with van der Waals surface area (Å²) < 4.78 is 6.94. The highest BCUT2D eigenvalue weighted by molar-refractivity contribution is 9.10. The molecule has 2 saturated carbocycles. The first-order valence-corrected chi connectivity index (χ1v) is 10.4. The van der Waals surface area contributed by atoms with Gasteiger partial charge in [0.15, 0.2) is 0 Å². The van der Waals surface area contributed by atoms with Crippen LogP contribution in [-0.2, 0) is 0 Å². The maximum Gasteiger partial charge on any atom is 0.254 e. The molecule has 8 heteroatoms. The van der Waals surface area contributed by atoms with Crippen LogP contribution in [0.5, 0.6) is 5.88 Å². The van der Waals surface area contributed by atoms with E-state index in [1.54, 1.807) is 18.3 Å². The molecule has 1 spiro atoms. The Bertz CT molecular complexity index is 1090. The molecule has 1 amide bonds. The smallest absolute Gasteiger partial charge is 0.254 e. The number of carbonyl (C=O) groups excluding carboxylic acids is 1. The van der Waals surface area contributed by atoms with Crippen molar-refractivity contribution in [2.24, 2.45) is 11.1 Å². The molecule has 0 unspecified atom stereocenters. The zero-order valence-electron chi connectivity index (χ0n) is 15.6. The summed E-state index contributed by atoms with van der Waals surface area (Å²) in [5.41, 5.74) is 6.97. The Hall–Kier alpha value is -2.74. The Morgan fingerprint density at radius 2 is 2.03 bits per heavy atom. The van der Waals surface area contributed by atoms with Gasteiger partial charge in [-0.15, -0.1) is 0 Å². The van der Waals surface area contributed by atoms with Crippen LogP contribution in [0, 0.1) is 5.41 Å². The number of anilines is 1. The van der Waals surface area contributed by atoms with Crippen LogP contribution in [-0.4, -0.2) is 33.0 Å². The quantitative estimate of drug-likeness (QED) is 0.610. The van der Waals surface area contributed by atoms with Crippen molar-refractivity contribution in [3.05, 3.63) is 52.8 Å². The molecule has 1 aromatic carbocycles. The number of rotatable bonds is 5. The number of carbonyl (C=O) groups is 1. The number of ether oxygens (including phenoxy) is 1. The molecule has 148 valence electrons.